The van der Waals surface area contributed by atoms with Gasteiger partial charge in [-0.15, -0.1) is 21.5 Å². The SMILES string of the molecule is O=C(Cc1csc(-c2ccco2)n1)NCc1nnc2ccccn12. The van der Waals surface area contributed by atoms with E-state index in [1.807, 2.05) is 46.3 Å². The molecule has 1 N–H and O–H groups in total. The molecule has 1 amide bonds. The summed E-state index contributed by atoms with van der Waals surface area (Å²) in [5.41, 5.74) is 1.47. The second kappa shape index (κ2) is 6.25. The maximum absolute atomic E-state index is 12.1. The summed E-state index contributed by atoms with van der Waals surface area (Å²) in [5, 5.41) is 13.6. The summed E-state index contributed by atoms with van der Waals surface area (Å²) in [6.07, 6.45) is 3.69. The van der Waals surface area contributed by atoms with Crippen LogP contribution in [0.15, 0.2) is 52.6 Å². The molecule has 0 atom stereocenters. The Kier molecular flexibility index (Phi) is 3.80. The Morgan fingerprint density at radius 2 is 2.21 bits per heavy atom. The third kappa shape index (κ3) is 2.91. The maximum atomic E-state index is 12.1. The zero-order valence-electron chi connectivity index (χ0n) is 12.5. The van der Waals surface area contributed by atoms with Gasteiger partial charge in [-0.05, 0) is 24.3 Å². The number of carbonyl (C=O) groups is 1. The van der Waals surface area contributed by atoms with Crippen molar-refractivity contribution in [3.63, 3.8) is 0 Å². The van der Waals surface area contributed by atoms with Crippen LogP contribution in [-0.2, 0) is 17.8 Å². The number of aromatic nitrogens is 4. The molecule has 4 heterocycles. The van der Waals surface area contributed by atoms with Crippen LogP contribution >= 0.6 is 11.3 Å². The highest BCUT2D eigenvalue weighted by molar-refractivity contribution is 7.13. The number of rotatable bonds is 5. The van der Waals surface area contributed by atoms with Gasteiger partial charge in [0.1, 0.15) is 0 Å². The molecule has 0 aliphatic heterocycles. The first-order valence-corrected chi connectivity index (χ1v) is 8.21. The molecular weight excluding hydrogens is 326 g/mol. The van der Waals surface area contributed by atoms with Gasteiger partial charge in [-0.2, -0.15) is 0 Å². The van der Waals surface area contributed by atoms with Crippen LogP contribution in [0, 0.1) is 0 Å². The van der Waals surface area contributed by atoms with Crippen LogP contribution in [0.4, 0.5) is 0 Å². The molecule has 120 valence electrons. The van der Waals surface area contributed by atoms with Crippen molar-refractivity contribution in [3.8, 4) is 10.8 Å². The van der Waals surface area contributed by atoms with Gasteiger partial charge >= 0.3 is 0 Å². The van der Waals surface area contributed by atoms with E-state index in [1.165, 1.54) is 11.3 Å². The van der Waals surface area contributed by atoms with Gasteiger partial charge in [0, 0.05) is 11.6 Å². The normalized spacial score (nSPS) is 11.0. The van der Waals surface area contributed by atoms with Crippen molar-refractivity contribution in [2.24, 2.45) is 0 Å². The summed E-state index contributed by atoms with van der Waals surface area (Å²) in [6, 6.07) is 9.31. The Hall–Kier alpha value is -3.00. The summed E-state index contributed by atoms with van der Waals surface area (Å²) in [4.78, 5) is 16.5. The topological polar surface area (TPSA) is 85.3 Å². The number of fused-ring (bicyclic) bond motifs is 1. The van der Waals surface area contributed by atoms with Crippen LogP contribution in [0.2, 0.25) is 0 Å². The summed E-state index contributed by atoms with van der Waals surface area (Å²) in [5.74, 6) is 1.29. The number of hydrogen-bond acceptors (Lipinski definition) is 6. The molecule has 0 unspecified atom stereocenters. The zero-order valence-corrected chi connectivity index (χ0v) is 13.4. The Labute approximate surface area is 141 Å². The van der Waals surface area contributed by atoms with E-state index in [2.05, 4.69) is 20.5 Å². The third-order valence-corrected chi connectivity index (χ3v) is 4.36. The van der Waals surface area contributed by atoms with Gasteiger partial charge in [0.25, 0.3) is 0 Å². The van der Waals surface area contributed by atoms with E-state index < -0.39 is 0 Å². The fourth-order valence-corrected chi connectivity index (χ4v) is 3.10. The van der Waals surface area contributed by atoms with Gasteiger partial charge in [0.15, 0.2) is 22.2 Å². The molecule has 0 aromatic carbocycles. The van der Waals surface area contributed by atoms with Crippen molar-refractivity contribution in [1.82, 2.24) is 24.9 Å². The van der Waals surface area contributed by atoms with E-state index in [0.717, 1.165) is 16.3 Å². The predicted molar refractivity (Wildman–Crippen MR) is 88.4 cm³/mol. The first kappa shape index (κ1) is 14.6. The lowest BCUT2D eigenvalue weighted by atomic mass is 10.3. The largest absolute Gasteiger partial charge is 0.462 e. The highest BCUT2D eigenvalue weighted by Gasteiger charge is 2.11. The molecule has 24 heavy (non-hydrogen) atoms. The Bertz CT molecular complexity index is 973. The Morgan fingerprint density at radius 1 is 1.25 bits per heavy atom. The Balaban J connectivity index is 1.38. The fraction of sp³-hybridized carbons (Fsp3) is 0.125. The molecule has 7 nitrogen and oxygen atoms in total. The smallest absolute Gasteiger partial charge is 0.226 e. The minimum atomic E-state index is -0.112. The zero-order chi connectivity index (χ0) is 16.4. The van der Waals surface area contributed by atoms with Gasteiger partial charge in [-0.25, -0.2) is 4.98 Å². The third-order valence-electron chi connectivity index (χ3n) is 3.45. The fourth-order valence-electron chi connectivity index (χ4n) is 2.32. The van der Waals surface area contributed by atoms with E-state index in [9.17, 15) is 4.79 Å². The predicted octanol–water partition coefficient (Wildman–Crippen LogP) is 2.30. The van der Waals surface area contributed by atoms with Crippen LogP contribution in [0.1, 0.15) is 11.5 Å². The minimum absolute atomic E-state index is 0.112. The molecule has 0 aliphatic carbocycles. The number of nitrogens with zero attached hydrogens (tertiary/aromatic N) is 4. The highest BCUT2D eigenvalue weighted by atomic mass is 32.1. The van der Waals surface area contributed by atoms with E-state index in [-0.39, 0.29) is 12.3 Å². The van der Waals surface area contributed by atoms with Crippen molar-refractivity contribution in [2.45, 2.75) is 13.0 Å². The first-order chi connectivity index (χ1) is 11.8. The Morgan fingerprint density at radius 3 is 3.08 bits per heavy atom. The molecule has 0 radical (unpaired) electrons. The first-order valence-electron chi connectivity index (χ1n) is 7.33. The molecule has 4 aromatic heterocycles. The number of nitrogens with one attached hydrogen (secondary N) is 1. The second-order valence-electron chi connectivity index (χ2n) is 5.12. The van der Waals surface area contributed by atoms with Crippen LogP contribution in [0.5, 0.6) is 0 Å². The van der Waals surface area contributed by atoms with Crippen molar-refractivity contribution < 1.29 is 9.21 Å². The number of carbonyl (C=O) groups excluding carboxylic acids is 1. The molecule has 0 fully saturated rings. The maximum Gasteiger partial charge on any atom is 0.226 e. The number of pyridine rings is 1. The second-order valence-corrected chi connectivity index (χ2v) is 5.98. The molecular formula is C16H13N5O2S. The molecule has 0 bridgehead atoms. The summed E-state index contributed by atoms with van der Waals surface area (Å²) in [7, 11) is 0. The number of hydrogen-bond donors (Lipinski definition) is 1. The average Bonchev–Trinajstić information content (AvgIpc) is 3.33. The lowest BCUT2D eigenvalue weighted by Gasteiger charge is -2.02. The van der Waals surface area contributed by atoms with Crippen LogP contribution in [-0.4, -0.2) is 25.5 Å². The lowest BCUT2D eigenvalue weighted by Crippen LogP contribution is -2.25. The standard InChI is InChI=1S/C16H13N5O2S/c22-15(8-11-10-24-16(18-11)12-4-3-7-23-12)17-9-14-20-19-13-5-1-2-6-21(13)14/h1-7,10H,8-9H2,(H,17,22). The van der Waals surface area contributed by atoms with Gasteiger partial charge < -0.3 is 9.73 Å². The van der Waals surface area contributed by atoms with Gasteiger partial charge in [-0.1, -0.05) is 6.07 Å². The van der Waals surface area contributed by atoms with Crippen molar-refractivity contribution in [3.05, 3.63) is 59.7 Å². The summed E-state index contributed by atoms with van der Waals surface area (Å²) >= 11 is 1.46. The summed E-state index contributed by atoms with van der Waals surface area (Å²) in [6.45, 7) is 0.319. The highest BCUT2D eigenvalue weighted by Crippen LogP contribution is 2.24. The molecule has 0 spiro atoms. The number of amides is 1. The van der Waals surface area contributed by atoms with E-state index in [4.69, 9.17) is 4.42 Å². The van der Waals surface area contributed by atoms with Gasteiger partial charge in [0.05, 0.1) is 24.9 Å². The monoisotopic (exact) mass is 339 g/mol. The molecule has 0 saturated carbocycles. The summed E-state index contributed by atoms with van der Waals surface area (Å²) < 4.78 is 7.15. The van der Waals surface area contributed by atoms with Crippen LogP contribution < -0.4 is 5.32 Å². The molecule has 0 saturated heterocycles. The number of thiazole rings is 1. The van der Waals surface area contributed by atoms with Crippen LogP contribution in [0.25, 0.3) is 16.4 Å². The van der Waals surface area contributed by atoms with Crippen molar-refractivity contribution >= 4 is 22.9 Å². The quantitative estimate of drug-likeness (QED) is 0.603. The van der Waals surface area contributed by atoms with E-state index in [0.29, 0.717) is 18.1 Å². The lowest BCUT2D eigenvalue weighted by molar-refractivity contribution is -0.120. The van der Waals surface area contributed by atoms with Crippen molar-refractivity contribution in [1.29, 1.82) is 0 Å². The molecule has 0 aliphatic rings. The van der Waals surface area contributed by atoms with Gasteiger partial charge in [-0.3, -0.25) is 9.20 Å². The molecule has 4 rings (SSSR count). The minimum Gasteiger partial charge on any atom is -0.462 e. The van der Waals surface area contributed by atoms with E-state index in [1.54, 1.807) is 6.26 Å². The van der Waals surface area contributed by atoms with Gasteiger partial charge in [0.2, 0.25) is 5.91 Å². The van der Waals surface area contributed by atoms with Crippen molar-refractivity contribution in [2.75, 3.05) is 0 Å². The van der Waals surface area contributed by atoms with Crippen LogP contribution in [0.3, 0.4) is 0 Å². The molecule has 4 aromatic rings. The van der Waals surface area contributed by atoms with E-state index >= 15 is 0 Å². The average molecular weight is 339 g/mol. The molecule has 8 heteroatoms. The number of furan rings is 1.